The van der Waals surface area contributed by atoms with Gasteiger partial charge < -0.3 is 9.73 Å². The molecule has 0 aliphatic heterocycles. The third-order valence-corrected chi connectivity index (χ3v) is 3.96. The first kappa shape index (κ1) is 13.4. The number of nitrogens with one attached hydrogen (secondary N) is 1. The lowest BCUT2D eigenvalue weighted by Gasteiger charge is -2.11. The van der Waals surface area contributed by atoms with Crippen LogP contribution < -0.4 is 5.32 Å². The monoisotopic (exact) mass is 311 g/mol. The van der Waals surface area contributed by atoms with E-state index in [-0.39, 0.29) is 6.04 Å². The van der Waals surface area contributed by atoms with Gasteiger partial charge in [-0.2, -0.15) is 5.10 Å². The van der Waals surface area contributed by atoms with Gasteiger partial charge in [-0.3, -0.25) is 4.68 Å². The second-order valence-electron chi connectivity index (χ2n) is 4.30. The van der Waals surface area contributed by atoms with Crippen LogP contribution in [-0.4, -0.2) is 9.78 Å². The van der Waals surface area contributed by atoms with Crippen molar-refractivity contribution in [2.24, 2.45) is 7.05 Å². The average Bonchev–Trinajstić information content (AvgIpc) is 2.96. The first-order valence-electron chi connectivity index (χ1n) is 6.10. The summed E-state index contributed by atoms with van der Waals surface area (Å²) < 4.78 is 8.40. The molecule has 5 heteroatoms. The summed E-state index contributed by atoms with van der Waals surface area (Å²) in [5, 5.41) is 7.91. The fourth-order valence-electron chi connectivity index (χ4n) is 1.90. The second-order valence-corrected chi connectivity index (χ2v) is 5.10. The van der Waals surface area contributed by atoms with Crippen molar-refractivity contribution in [3.8, 4) is 0 Å². The van der Waals surface area contributed by atoms with Crippen LogP contribution in [-0.2, 0) is 20.0 Å². The molecule has 0 saturated heterocycles. The van der Waals surface area contributed by atoms with E-state index < -0.39 is 0 Å². The van der Waals surface area contributed by atoms with Gasteiger partial charge >= 0.3 is 0 Å². The fourth-order valence-corrected chi connectivity index (χ4v) is 2.66. The van der Waals surface area contributed by atoms with E-state index in [2.05, 4.69) is 40.2 Å². The topological polar surface area (TPSA) is 43.0 Å². The largest absolute Gasteiger partial charge is 0.468 e. The molecule has 0 spiro atoms. The van der Waals surface area contributed by atoms with Crippen LogP contribution >= 0.6 is 15.9 Å². The molecule has 2 rings (SSSR count). The minimum absolute atomic E-state index is 0.187. The Balaban J connectivity index is 2.04. The van der Waals surface area contributed by atoms with Crippen molar-refractivity contribution in [1.82, 2.24) is 15.1 Å². The highest BCUT2D eigenvalue weighted by Crippen LogP contribution is 2.22. The molecule has 1 unspecified atom stereocenters. The van der Waals surface area contributed by atoms with Crippen LogP contribution in [0.5, 0.6) is 0 Å². The number of aromatic nitrogens is 2. The minimum atomic E-state index is 0.187. The molecule has 0 aliphatic rings. The number of hydrogen-bond acceptors (Lipinski definition) is 3. The lowest BCUT2D eigenvalue weighted by Crippen LogP contribution is -2.19. The highest BCUT2D eigenvalue weighted by molar-refractivity contribution is 9.10. The predicted octanol–water partition coefficient (Wildman–Crippen LogP) is 3.19. The predicted molar refractivity (Wildman–Crippen MR) is 74.2 cm³/mol. The molecule has 98 valence electrons. The van der Waals surface area contributed by atoms with Crippen LogP contribution in [0.4, 0.5) is 0 Å². The van der Waals surface area contributed by atoms with Crippen molar-refractivity contribution in [2.75, 3.05) is 0 Å². The summed E-state index contributed by atoms with van der Waals surface area (Å²) in [6, 6.07) is 4.07. The number of nitrogens with zero attached hydrogens (tertiary/aromatic N) is 2. The van der Waals surface area contributed by atoms with Crippen molar-refractivity contribution in [3.05, 3.63) is 40.0 Å². The maximum Gasteiger partial charge on any atom is 0.120 e. The van der Waals surface area contributed by atoms with Gasteiger partial charge in [0, 0.05) is 13.6 Å². The minimum Gasteiger partial charge on any atom is -0.468 e. The Hall–Kier alpha value is -1.07. The molecule has 2 aromatic rings. The molecule has 0 radical (unpaired) electrons. The first-order chi connectivity index (χ1) is 8.63. The normalized spacial score (nSPS) is 12.9. The van der Waals surface area contributed by atoms with Crippen LogP contribution in [0.25, 0.3) is 0 Å². The van der Waals surface area contributed by atoms with Gasteiger partial charge in [0.05, 0.1) is 28.2 Å². The summed E-state index contributed by atoms with van der Waals surface area (Å²) >= 11 is 3.61. The van der Waals surface area contributed by atoms with E-state index in [1.165, 1.54) is 0 Å². The Morgan fingerprint density at radius 3 is 2.89 bits per heavy atom. The first-order valence-corrected chi connectivity index (χ1v) is 6.89. The van der Waals surface area contributed by atoms with E-state index in [4.69, 9.17) is 4.42 Å². The van der Waals surface area contributed by atoms with E-state index in [0.29, 0.717) is 0 Å². The van der Waals surface area contributed by atoms with E-state index in [9.17, 15) is 0 Å². The number of aryl methyl sites for hydroxylation is 2. The maximum atomic E-state index is 5.37. The molecule has 18 heavy (non-hydrogen) atoms. The zero-order chi connectivity index (χ0) is 13.1. The quantitative estimate of drug-likeness (QED) is 0.922. The molecular weight excluding hydrogens is 294 g/mol. The van der Waals surface area contributed by atoms with Gasteiger partial charge in [0.15, 0.2) is 0 Å². The summed E-state index contributed by atoms with van der Waals surface area (Å²) in [4.78, 5) is 0. The molecule has 0 aliphatic carbocycles. The zero-order valence-electron chi connectivity index (χ0n) is 10.9. The summed E-state index contributed by atoms with van der Waals surface area (Å²) in [5.41, 5.74) is 2.25. The molecule has 2 aromatic heterocycles. The van der Waals surface area contributed by atoms with Gasteiger partial charge in [0.2, 0.25) is 0 Å². The number of furan rings is 1. The summed E-state index contributed by atoms with van der Waals surface area (Å²) in [5.74, 6) is 0.948. The molecule has 0 fully saturated rings. The van der Waals surface area contributed by atoms with Gasteiger partial charge in [-0.05, 0) is 41.4 Å². The van der Waals surface area contributed by atoms with E-state index in [1.807, 2.05) is 23.9 Å². The van der Waals surface area contributed by atoms with E-state index >= 15 is 0 Å². The average molecular weight is 312 g/mol. The summed E-state index contributed by atoms with van der Waals surface area (Å²) in [7, 11) is 1.97. The molecule has 0 aromatic carbocycles. The van der Waals surface area contributed by atoms with Gasteiger partial charge in [-0.15, -0.1) is 0 Å². The maximum absolute atomic E-state index is 5.37. The van der Waals surface area contributed by atoms with Crippen molar-refractivity contribution in [1.29, 1.82) is 0 Å². The van der Waals surface area contributed by atoms with Gasteiger partial charge in [0.25, 0.3) is 0 Å². The molecule has 4 nitrogen and oxygen atoms in total. The molecule has 2 heterocycles. The fraction of sp³-hybridized carbons (Fsp3) is 0.462. The lowest BCUT2D eigenvalue weighted by atomic mass is 10.2. The molecule has 0 bridgehead atoms. The highest BCUT2D eigenvalue weighted by Gasteiger charge is 2.14. The van der Waals surface area contributed by atoms with Crippen LogP contribution in [0, 0.1) is 0 Å². The molecule has 1 N–H and O–H groups in total. The Kier molecular flexibility index (Phi) is 4.24. The Morgan fingerprint density at radius 1 is 1.56 bits per heavy atom. The van der Waals surface area contributed by atoms with Gasteiger partial charge in [-0.1, -0.05) is 6.92 Å². The van der Waals surface area contributed by atoms with E-state index in [0.717, 1.165) is 34.6 Å². The van der Waals surface area contributed by atoms with Crippen molar-refractivity contribution >= 4 is 15.9 Å². The van der Waals surface area contributed by atoms with E-state index in [1.54, 1.807) is 6.26 Å². The van der Waals surface area contributed by atoms with Crippen LogP contribution in [0.3, 0.4) is 0 Å². The number of rotatable bonds is 5. The van der Waals surface area contributed by atoms with Crippen molar-refractivity contribution in [3.63, 3.8) is 0 Å². The molecule has 1 atom stereocenters. The zero-order valence-corrected chi connectivity index (χ0v) is 12.5. The molecular formula is C13H18BrN3O. The SMILES string of the molecule is CCc1nn(C)c(CNC(C)c2ccco2)c1Br. The van der Waals surface area contributed by atoms with Gasteiger partial charge in [-0.25, -0.2) is 0 Å². The number of halogens is 1. The summed E-state index contributed by atoms with van der Waals surface area (Å²) in [6.07, 6.45) is 2.63. The smallest absolute Gasteiger partial charge is 0.120 e. The Morgan fingerprint density at radius 2 is 2.33 bits per heavy atom. The molecule has 0 amide bonds. The molecule has 0 saturated carbocycles. The van der Waals surface area contributed by atoms with Crippen molar-refractivity contribution in [2.45, 2.75) is 32.9 Å². The Labute approximate surface area is 115 Å². The van der Waals surface area contributed by atoms with Crippen LogP contribution in [0.15, 0.2) is 27.3 Å². The van der Waals surface area contributed by atoms with Gasteiger partial charge in [0.1, 0.15) is 5.76 Å². The van der Waals surface area contributed by atoms with Crippen molar-refractivity contribution < 1.29 is 4.42 Å². The highest BCUT2D eigenvalue weighted by atomic mass is 79.9. The standard InChI is InChI=1S/C13H18BrN3O/c1-4-10-13(14)11(17(3)16-10)8-15-9(2)12-6-5-7-18-12/h5-7,9,15H,4,8H2,1-3H3. The Bertz CT molecular complexity index is 505. The van der Waals surface area contributed by atoms with Crippen LogP contribution in [0.2, 0.25) is 0 Å². The lowest BCUT2D eigenvalue weighted by molar-refractivity contribution is 0.425. The summed E-state index contributed by atoms with van der Waals surface area (Å²) in [6.45, 7) is 4.95. The second kappa shape index (κ2) is 5.71. The number of hydrogen-bond donors (Lipinski definition) is 1. The van der Waals surface area contributed by atoms with Crippen LogP contribution in [0.1, 0.15) is 37.0 Å². The third kappa shape index (κ3) is 2.67. The third-order valence-electron chi connectivity index (χ3n) is 3.05.